The Morgan fingerprint density at radius 3 is 2.50 bits per heavy atom. The molecule has 0 saturated carbocycles. The fourth-order valence-corrected chi connectivity index (χ4v) is 3.43. The Labute approximate surface area is 131 Å². The van der Waals surface area contributed by atoms with E-state index in [0.717, 1.165) is 45.8 Å². The van der Waals surface area contributed by atoms with E-state index in [-0.39, 0.29) is 11.7 Å². The first-order valence-corrected chi connectivity index (χ1v) is 8.04. The molecule has 2 aliphatic rings. The molecule has 5 heteroatoms. The Balaban J connectivity index is 1.53. The van der Waals surface area contributed by atoms with Crippen LogP contribution in [0.1, 0.15) is 23.7 Å². The monoisotopic (exact) mass is 305 g/mol. The van der Waals surface area contributed by atoms with Crippen LogP contribution in [0, 0.1) is 11.2 Å². The van der Waals surface area contributed by atoms with E-state index >= 15 is 0 Å². The number of benzene rings is 1. The topological polar surface area (TPSA) is 35.6 Å². The van der Waals surface area contributed by atoms with Gasteiger partial charge in [-0.05, 0) is 42.6 Å². The summed E-state index contributed by atoms with van der Waals surface area (Å²) in [5.74, 6) is -0.298. The molecule has 0 aliphatic carbocycles. The second kappa shape index (κ2) is 6.34. The average Bonchev–Trinajstić information content (AvgIpc) is 2.94. The molecule has 0 radical (unpaired) electrons. The van der Waals surface area contributed by atoms with Crippen LogP contribution in [0.15, 0.2) is 24.3 Å². The predicted octanol–water partition coefficient (Wildman–Crippen LogP) is 1.58. The van der Waals surface area contributed by atoms with Gasteiger partial charge in [-0.1, -0.05) is 6.92 Å². The lowest BCUT2D eigenvalue weighted by Crippen LogP contribution is -2.51. The van der Waals surface area contributed by atoms with Crippen molar-refractivity contribution in [2.75, 3.05) is 45.8 Å². The second-order valence-corrected chi connectivity index (χ2v) is 6.81. The maximum atomic E-state index is 12.9. The molecule has 1 amide bonds. The van der Waals surface area contributed by atoms with Crippen LogP contribution in [-0.4, -0.2) is 61.5 Å². The van der Waals surface area contributed by atoms with Crippen molar-refractivity contribution in [1.82, 2.24) is 15.1 Å². The molecule has 0 spiro atoms. The van der Waals surface area contributed by atoms with Crippen molar-refractivity contribution in [3.8, 4) is 0 Å². The van der Waals surface area contributed by atoms with Gasteiger partial charge in [0.15, 0.2) is 0 Å². The lowest BCUT2D eigenvalue weighted by molar-refractivity contribution is 0.0581. The van der Waals surface area contributed by atoms with Gasteiger partial charge in [-0.3, -0.25) is 9.69 Å². The van der Waals surface area contributed by atoms with Gasteiger partial charge >= 0.3 is 0 Å². The van der Waals surface area contributed by atoms with Crippen molar-refractivity contribution >= 4 is 5.91 Å². The SMILES string of the molecule is CC1(CN2CCN(C(=O)c3ccc(F)cc3)CC2)CCNC1. The highest BCUT2D eigenvalue weighted by Crippen LogP contribution is 2.26. The molecule has 2 aliphatic heterocycles. The zero-order valence-electron chi connectivity index (χ0n) is 13.1. The van der Waals surface area contributed by atoms with E-state index in [1.54, 1.807) is 12.1 Å². The summed E-state index contributed by atoms with van der Waals surface area (Å²) in [6.45, 7) is 8.97. The highest BCUT2D eigenvalue weighted by Gasteiger charge is 2.32. The van der Waals surface area contributed by atoms with Crippen molar-refractivity contribution in [3.63, 3.8) is 0 Å². The Bertz CT molecular complexity index is 517. The summed E-state index contributed by atoms with van der Waals surface area (Å²) in [7, 11) is 0. The molecule has 3 rings (SSSR count). The second-order valence-electron chi connectivity index (χ2n) is 6.81. The Hall–Kier alpha value is -1.46. The minimum atomic E-state index is -0.306. The number of amides is 1. The molecular formula is C17H24FN3O. The quantitative estimate of drug-likeness (QED) is 0.921. The van der Waals surface area contributed by atoms with Crippen LogP contribution in [0.2, 0.25) is 0 Å². The summed E-state index contributed by atoms with van der Waals surface area (Å²) in [5, 5.41) is 3.43. The number of rotatable bonds is 3. The van der Waals surface area contributed by atoms with E-state index in [0.29, 0.717) is 11.0 Å². The summed E-state index contributed by atoms with van der Waals surface area (Å²) in [6, 6.07) is 5.82. The zero-order chi connectivity index (χ0) is 15.6. The van der Waals surface area contributed by atoms with E-state index in [1.165, 1.54) is 18.6 Å². The lowest BCUT2D eigenvalue weighted by atomic mass is 9.89. The molecule has 1 atom stereocenters. The third kappa shape index (κ3) is 3.47. The van der Waals surface area contributed by atoms with Gasteiger partial charge in [0.1, 0.15) is 5.82 Å². The fourth-order valence-electron chi connectivity index (χ4n) is 3.43. The van der Waals surface area contributed by atoms with Crippen molar-refractivity contribution in [2.24, 2.45) is 5.41 Å². The highest BCUT2D eigenvalue weighted by molar-refractivity contribution is 5.94. The lowest BCUT2D eigenvalue weighted by Gasteiger charge is -2.38. The average molecular weight is 305 g/mol. The third-order valence-electron chi connectivity index (χ3n) is 4.81. The first kappa shape index (κ1) is 15.4. The van der Waals surface area contributed by atoms with Gasteiger partial charge in [0.25, 0.3) is 5.91 Å². The normalized spacial score (nSPS) is 26.4. The predicted molar refractivity (Wildman–Crippen MR) is 84.3 cm³/mol. The van der Waals surface area contributed by atoms with Crippen LogP contribution < -0.4 is 5.32 Å². The Morgan fingerprint density at radius 2 is 1.91 bits per heavy atom. The largest absolute Gasteiger partial charge is 0.336 e. The van der Waals surface area contributed by atoms with Gasteiger partial charge in [-0.15, -0.1) is 0 Å². The number of carbonyl (C=O) groups is 1. The molecule has 0 aromatic heterocycles. The van der Waals surface area contributed by atoms with Gasteiger partial charge in [-0.2, -0.15) is 0 Å². The summed E-state index contributed by atoms with van der Waals surface area (Å²) >= 11 is 0. The number of piperazine rings is 1. The van der Waals surface area contributed by atoms with Crippen molar-refractivity contribution in [1.29, 1.82) is 0 Å². The van der Waals surface area contributed by atoms with Crippen LogP contribution in [-0.2, 0) is 0 Å². The molecule has 2 saturated heterocycles. The standard InChI is InChI=1S/C17H24FN3O/c1-17(6-7-19-12-17)13-20-8-10-21(11-9-20)16(22)14-2-4-15(18)5-3-14/h2-5,19H,6-13H2,1H3. The Morgan fingerprint density at radius 1 is 1.23 bits per heavy atom. The smallest absolute Gasteiger partial charge is 0.253 e. The van der Waals surface area contributed by atoms with Crippen molar-refractivity contribution in [3.05, 3.63) is 35.6 Å². The third-order valence-corrected chi connectivity index (χ3v) is 4.81. The molecule has 0 bridgehead atoms. The van der Waals surface area contributed by atoms with Gasteiger partial charge in [0.2, 0.25) is 0 Å². The molecule has 2 heterocycles. The van der Waals surface area contributed by atoms with Crippen LogP contribution in [0.3, 0.4) is 0 Å². The molecular weight excluding hydrogens is 281 g/mol. The van der Waals surface area contributed by atoms with Crippen LogP contribution in [0.5, 0.6) is 0 Å². The van der Waals surface area contributed by atoms with Crippen molar-refractivity contribution in [2.45, 2.75) is 13.3 Å². The number of carbonyl (C=O) groups excluding carboxylic acids is 1. The molecule has 4 nitrogen and oxygen atoms in total. The number of hydrogen-bond acceptors (Lipinski definition) is 3. The first-order chi connectivity index (χ1) is 10.6. The van der Waals surface area contributed by atoms with E-state index in [2.05, 4.69) is 17.1 Å². The first-order valence-electron chi connectivity index (χ1n) is 8.04. The van der Waals surface area contributed by atoms with Crippen LogP contribution in [0.4, 0.5) is 4.39 Å². The van der Waals surface area contributed by atoms with Crippen molar-refractivity contribution < 1.29 is 9.18 Å². The molecule has 120 valence electrons. The van der Waals surface area contributed by atoms with Gasteiger partial charge in [0, 0.05) is 44.8 Å². The number of hydrogen-bond donors (Lipinski definition) is 1. The summed E-state index contributed by atoms with van der Waals surface area (Å²) in [6.07, 6.45) is 1.22. The van der Waals surface area contributed by atoms with E-state index in [4.69, 9.17) is 0 Å². The van der Waals surface area contributed by atoms with Gasteiger partial charge in [0.05, 0.1) is 0 Å². The fraction of sp³-hybridized carbons (Fsp3) is 0.588. The minimum Gasteiger partial charge on any atom is -0.336 e. The molecule has 1 unspecified atom stereocenters. The van der Waals surface area contributed by atoms with Gasteiger partial charge in [-0.25, -0.2) is 4.39 Å². The van der Waals surface area contributed by atoms with Crippen LogP contribution in [0.25, 0.3) is 0 Å². The molecule has 1 aromatic rings. The van der Waals surface area contributed by atoms with E-state index in [9.17, 15) is 9.18 Å². The molecule has 2 fully saturated rings. The molecule has 22 heavy (non-hydrogen) atoms. The van der Waals surface area contributed by atoms with E-state index in [1.807, 2.05) is 4.90 Å². The summed E-state index contributed by atoms with van der Waals surface area (Å²) in [5.41, 5.74) is 0.935. The molecule has 1 N–H and O–H groups in total. The number of nitrogens with zero attached hydrogens (tertiary/aromatic N) is 2. The van der Waals surface area contributed by atoms with Gasteiger partial charge < -0.3 is 10.2 Å². The maximum absolute atomic E-state index is 12.9. The summed E-state index contributed by atoms with van der Waals surface area (Å²) in [4.78, 5) is 16.7. The zero-order valence-corrected chi connectivity index (χ0v) is 13.1. The number of halogens is 1. The molecule has 1 aromatic carbocycles. The minimum absolute atomic E-state index is 0.00777. The maximum Gasteiger partial charge on any atom is 0.253 e. The Kier molecular flexibility index (Phi) is 4.45. The highest BCUT2D eigenvalue weighted by atomic mass is 19.1. The summed E-state index contributed by atoms with van der Waals surface area (Å²) < 4.78 is 12.9. The van der Waals surface area contributed by atoms with Crippen LogP contribution >= 0.6 is 0 Å². The van der Waals surface area contributed by atoms with E-state index < -0.39 is 0 Å². The number of nitrogens with one attached hydrogen (secondary N) is 1.